The molecular weight excluding hydrogens is 412 g/mol. The van der Waals surface area contributed by atoms with E-state index in [2.05, 4.69) is 100 Å². The second kappa shape index (κ2) is 10.2. The molecule has 0 heterocycles. The topological polar surface area (TPSA) is 52.0 Å². The largest absolute Gasteiger partial charge is 0.399 e. The molecule has 0 bridgehead atoms. The molecule has 2 nitrogen and oxygen atoms in total. The maximum atomic E-state index is 6.34. The summed E-state index contributed by atoms with van der Waals surface area (Å²) in [6.07, 6.45) is 2.17. The zero-order valence-corrected chi connectivity index (χ0v) is 20.8. The van der Waals surface area contributed by atoms with Crippen LogP contribution in [0.1, 0.15) is 63.5 Å². The van der Waals surface area contributed by atoms with Crippen LogP contribution in [0.3, 0.4) is 0 Å². The van der Waals surface area contributed by atoms with E-state index in [4.69, 9.17) is 11.5 Å². The fourth-order valence-corrected chi connectivity index (χ4v) is 4.82. The maximum absolute atomic E-state index is 6.34. The van der Waals surface area contributed by atoms with E-state index < -0.39 is 0 Å². The molecule has 0 aliphatic rings. The lowest BCUT2D eigenvalue weighted by molar-refractivity contribution is 0.735. The van der Waals surface area contributed by atoms with Gasteiger partial charge < -0.3 is 11.5 Å². The third kappa shape index (κ3) is 4.59. The van der Waals surface area contributed by atoms with E-state index in [1.54, 1.807) is 0 Å². The van der Waals surface area contributed by atoms with Crippen molar-refractivity contribution in [1.82, 2.24) is 0 Å². The molecule has 2 heteroatoms. The Bertz CT molecular complexity index is 1190. The van der Waals surface area contributed by atoms with Crippen molar-refractivity contribution in [3.63, 3.8) is 0 Å². The minimum absolute atomic E-state index is 0.461. The lowest BCUT2D eigenvalue weighted by Crippen LogP contribution is -2.00. The summed E-state index contributed by atoms with van der Waals surface area (Å²) in [4.78, 5) is 0. The number of nitrogens with two attached hydrogens (primary N) is 2. The van der Waals surface area contributed by atoms with Gasteiger partial charge in [0.1, 0.15) is 0 Å². The van der Waals surface area contributed by atoms with Crippen molar-refractivity contribution in [1.29, 1.82) is 0 Å². The Morgan fingerprint density at radius 3 is 1.26 bits per heavy atom. The van der Waals surface area contributed by atoms with Gasteiger partial charge in [-0.05, 0) is 93.5 Å². The highest BCUT2D eigenvalue weighted by atomic mass is 14.5. The lowest BCUT2D eigenvalue weighted by Gasteiger charge is -2.22. The van der Waals surface area contributed by atoms with E-state index in [1.165, 1.54) is 44.5 Å². The fraction of sp³-hybridized carbons (Fsp3) is 0.250. The molecule has 4 aromatic rings. The molecule has 174 valence electrons. The third-order valence-electron chi connectivity index (χ3n) is 7.17. The summed E-state index contributed by atoms with van der Waals surface area (Å²) >= 11 is 0. The third-order valence-corrected chi connectivity index (χ3v) is 7.17. The zero-order chi connectivity index (χ0) is 24.2. The fourth-order valence-electron chi connectivity index (χ4n) is 4.82. The second-order valence-electron chi connectivity index (χ2n) is 9.40. The van der Waals surface area contributed by atoms with Crippen LogP contribution in [0.25, 0.3) is 33.4 Å². The SMILES string of the molecule is CCC(C)c1ccccc1-c1cc(N)ccc1-c1ccc(N)cc1-c1ccccc1C(C)CC. The molecule has 0 amide bonds. The molecule has 0 fully saturated rings. The molecule has 34 heavy (non-hydrogen) atoms. The lowest BCUT2D eigenvalue weighted by atomic mass is 9.83. The first kappa shape index (κ1) is 23.6. The quantitative estimate of drug-likeness (QED) is 0.277. The average Bonchev–Trinajstić information content (AvgIpc) is 2.88. The van der Waals surface area contributed by atoms with Crippen LogP contribution >= 0.6 is 0 Å². The van der Waals surface area contributed by atoms with Gasteiger partial charge in [-0.25, -0.2) is 0 Å². The van der Waals surface area contributed by atoms with Gasteiger partial charge >= 0.3 is 0 Å². The van der Waals surface area contributed by atoms with E-state index in [-0.39, 0.29) is 0 Å². The molecule has 2 atom stereocenters. The number of benzene rings is 4. The molecular formula is C32H36N2. The smallest absolute Gasteiger partial charge is 0.0320 e. The molecule has 4 aromatic carbocycles. The van der Waals surface area contributed by atoms with Crippen LogP contribution in [-0.4, -0.2) is 0 Å². The van der Waals surface area contributed by atoms with E-state index in [0.29, 0.717) is 11.8 Å². The molecule has 0 radical (unpaired) electrons. The van der Waals surface area contributed by atoms with Crippen LogP contribution in [0.2, 0.25) is 0 Å². The molecule has 4 N–H and O–H groups in total. The van der Waals surface area contributed by atoms with Gasteiger partial charge in [-0.3, -0.25) is 0 Å². The highest BCUT2D eigenvalue weighted by molar-refractivity contribution is 5.95. The first-order chi connectivity index (χ1) is 16.4. The van der Waals surface area contributed by atoms with Crippen molar-refractivity contribution in [2.45, 2.75) is 52.4 Å². The van der Waals surface area contributed by atoms with E-state index in [1.807, 2.05) is 12.1 Å². The second-order valence-corrected chi connectivity index (χ2v) is 9.40. The van der Waals surface area contributed by atoms with Crippen molar-refractivity contribution in [3.8, 4) is 33.4 Å². The average molecular weight is 449 g/mol. The van der Waals surface area contributed by atoms with Gasteiger partial charge in [0.05, 0.1) is 0 Å². The van der Waals surface area contributed by atoms with E-state index in [0.717, 1.165) is 24.2 Å². The van der Waals surface area contributed by atoms with Crippen LogP contribution in [0.15, 0.2) is 84.9 Å². The standard InChI is InChI=1S/C32H36N2/c1-5-21(3)25-11-7-9-13-27(25)31-19-23(33)15-17-29(31)30-18-16-24(34)20-32(30)28-14-10-8-12-26(28)22(4)6-2/h7-22H,5-6,33-34H2,1-4H3. The monoisotopic (exact) mass is 448 g/mol. The summed E-state index contributed by atoms with van der Waals surface area (Å²) in [7, 11) is 0. The Morgan fingerprint density at radius 1 is 0.500 bits per heavy atom. The number of hydrogen-bond donors (Lipinski definition) is 2. The molecule has 0 aliphatic heterocycles. The van der Waals surface area contributed by atoms with Gasteiger partial charge in [0.2, 0.25) is 0 Å². The van der Waals surface area contributed by atoms with Crippen molar-refractivity contribution < 1.29 is 0 Å². The summed E-state index contributed by atoms with van der Waals surface area (Å²) in [5.74, 6) is 0.921. The Balaban J connectivity index is 2.01. The van der Waals surface area contributed by atoms with Gasteiger partial charge in [0.25, 0.3) is 0 Å². The Kier molecular flexibility index (Phi) is 7.07. The number of nitrogen functional groups attached to an aromatic ring is 2. The van der Waals surface area contributed by atoms with Crippen LogP contribution in [0, 0.1) is 0 Å². The molecule has 0 spiro atoms. The van der Waals surface area contributed by atoms with Crippen molar-refractivity contribution in [2.24, 2.45) is 0 Å². The molecule has 4 rings (SSSR count). The molecule has 2 unspecified atom stereocenters. The highest BCUT2D eigenvalue weighted by Gasteiger charge is 2.19. The van der Waals surface area contributed by atoms with Gasteiger partial charge in [0.15, 0.2) is 0 Å². The predicted octanol–water partition coefficient (Wildman–Crippen LogP) is 8.88. The Labute approximate surface area is 204 Å². The number of hydrogen-bond acceptors (Lipinski definition) is 2. The summed E-state index contributed by atoms with van der Waals surface area (Å²) in [5.41, 5.74) is 24.1. The van der Waals surface area contributed by atoms with Gasteiger partial charge in [-0.15, -0.1) is 0 Å². The van der Waals surface area contributed by atoms with Crippen molar-refractivity contribution >= 4 is 11.4 Å². The minimum atomic E-state index is 0.461. The Hall–Kier alpha value is -3.52. The number of anilines is 2. The summed E-state index contributed by atoms with van der Waals surface area (Å²) in [6, 6.07) is 30.0. The van der Waals surface area contributed by atoms with Crippen LogP contribution in [-0.2, 0) is 0 Å². The van der Waals surface area contributed by atoms with Crippen molar-refractivity contribution in [3.05, 3.63) is 96.1 Å². The summed E-state index contributed by atoms with van der Waals surface area (Å²) in [6.45, 7) is 9.07. The van der Waals surface area contributed by atoms with Gasteiger partial charge in [-0.2, -0.15) is 0 Å². The van der Waals surface area contributed by atoms with Crippen molar-refractivity contribution in [2.75, 3.05) is 11.5 Å². The first-order valence-corrected chi connectivity index (χ1v) is 12.4. The van der Waals surface area contributed by atoms with Gasteiger partial charge in [0, 0.05) is 11.4 Å². The highest BCUT2D eigenvalue weighted by Crippen LogP contribution is 2.43. The van der Waals surface area contributed by atoms with Crippen LogP contribution in [0.4, 0.5) is 11.4 Å². The first-order valence-electron chi connectivity index (χ1n) is 12.4. The molecule has 0 saturated heterocycles. The predicted molar refractivity (Wildman–Crippen MR) is 149 cm³/mol. The minimum Gasteiger partial charge on any atom is -0.399 e. The maximum Gasteiger partial charge on any atom is 0.0320 e. The zero-order valence-electron chi connectivity index (χ0n) is 20.8. The normalized spacial score (nSPS) is 12.9. The molecule has 0 aromatic heterocycles. The van der Waals surface area contributed by atoms with Gasteiger partial charge in [-0.1, -0.05) is 88.4 Å². The molecule has 0 saturated carbocycles. The van der Waals surface area contributed by atoms with E-state index >= 15 is 0 Å². The van der Waals surface area contributed by atoms with Crippen LogP contribution in [0.5, 0.6) is 0 Å². The summed E-state index contributed by atoms with van der Waals surface area (Å²) in [5, 5.41) is 0. The van der Waals surface area contributed by atoms with Crippen LogP contribution < -0.4 is 11.5 Å². The molecule has 0 aliphatic carbocycles. The van der Waals surface area contributed by atoms with E-state index in [9.17, 15) is 0 Å². The Morgan fingerprint density at radius 2 is 0.882 bits per heavy atom. The number of rotatable bonds is 7. The summed E-state index contributed by atoms with van der Waals surface area (Å²) < 4.78 is 0.